The maximum absolute atomic E-state index is 6.12. The summed E-state index contributed by atoms with van der Waals surface area (Å²) in [6, 6.07) is 8.36. The minimum Gasteiger partial charge on any atom is -0.382 e. The molecule has 1 aromatic carbocycles. The van der Waals surface area contributed by atoms with Crippen molar-refractivity contribution in [2.45, 2.75) is 25.8 Å². The third-order valence-corrected chi connectivity index (χ3v) is 3.13. The zero-order chi connectivity index (χ0) is 13.0. The van der Waals surface area contributed by atoms with Crippen LogP contribution in [0.25, 0.3) is 10.9 Å². The molecule has 0 aliphatic rings. The summed E-state index contributed by atoms with van der Waals surface area (Å²) < 4.78 is 7.25. The van der Waals surface area contributed by atoms with Crippen LogP contribution in [0.2, 0.25) is 0 Å². The first-order chi connectivity index (χ1) is 8.72. The fourth-order valence-corrected chi connectivity index (χ4v) is 2.17. The molecule has 0 radical (unpaired) electrons. The molecule has 18 heavy (non-hydrogen) atoms. The molecule has 0 saturated carbocycles. The van der Waals surface area contributed by atoms with Crippen molar-refractivity contribution >= 4 is 10.9 Å². The van der Waals surface area contributed by atoms with Gasteiger partial charge in [0.05, 0.1) is 11.2 Å². The fraction of sp³-hybridized carbons (Fsp3) is 0.500. The predicted octanol–water partition coefficient (Wildman–Crippen LogP) is 1.87. The Balaban J connectivity index is 2.07. The summed E-state index contributed by atoms with van der Waals surface area (Å²) in [4.78, 5) is 0. The maximum Gasteiger partial charge on any atom is 0.0718 e. The Morgan fingerprint density at radius 2 is 2.17 bits per heavy atom. The van der Waals surface area contributed by atoms with Gasteiger partial charge >= 0.3 is 0 Å². The van der Waals surface area contributed by atoms with Crippen LogP contribution < -0.4 is 5.73 Å². The second kappa shape index (κ2) is 5.98. The molecule has 0 amide bonds. The van der Waals surface area contributed by atoms with Crippen LogP contribution in [0.3, 0.4) is 0 Å². The topological polar surface area (TPSA) is 53.1 Å². The SMILES string of the molecule is CCOCCC(N)Cc1nn(C)c2ccccc12. The van der Waals surface area contributed by atoms with Crippen molar-refractivity contribution in [3.8, 4) is 0 Å². The lowest BCUT2D eigenvalue weighted by Crippen LogP contribution is -2.25. The second-order valence-corrected chi connectivity index (χ2v) is 4.54. The Bertz CT molecular complexity index is 507. The van der Waals surface area contributed by atoms with Gasteiger partial charge in [-0.25, -0.2) is 0 Å². The molecule has 4 nitrogen and oxygen atoms in total. The molecule has 0 saturated heterocycles. The average molecular weight is 247 g/mol. The first kappa shape index (κ1) is 13.1. The van der Waals surface area contributed by atoms with Gasteiger partial charge in [-0.2, -0.15) is 5.10 Å². The molecule has 2 aromatic rings. The lowest BCUT2D eigenvalue weighted by molar-refractivity contribution is 0.140. The number of hydrogen-bond donors (Lipinski definition) is 1. The van der Waals surface area contributed by atoms with Crippen LogP contribution in [0.1, 0.15) is 19.0 Å². The molecular weight excluding hydrogens is 226 g/mol. The highest BCUT2D eigenvalue weighted by Gasteiger charge is 2.11. The lowest BCUT2D eigenvalue weighted by atomic mass is 10.1. The van der Waals surface area contributed by atoms with E-state index in [9.17, 15) is 0 Å². The van der Waals surface area contributed by atoms with E-state index in [1.807, 2.05) is 30.8 Å². The van der Waals surface area contributed by atoms with Gasteiger partial charge in [-0.05, 0) is 19.4 Å². The van der Waals surface area contributed by atoms with Gasteiger partial charge in [0.15, 0.2) is 0 Å². The van der Waals surface area contributed by atoms with Gasteiger partial charge < -0.3 is 10.5 Å². The van der Waals surface area contributed by atoms with Crippen molar-refractivity contribution in [3.05, 3.63) is 30.0 Å². The van der Waals surface area contributed by atoms with Crippen LogP contribution in [0.15, 0.2) is 24.3 Å². The van der Waals surface area contributed by atoms with Gasteiger partial charge in [0.2, 0.25) is 0 Å². The van der Waals surface area contributed by atoms with Crippen molar-refractivity contribution in [2.24, 2.45) is 12.8 Å². The Hall–Kier alpha value is -1.39. The van der Waals surface area contributed by atoms with E-state index in [2.05, 4.69) is 17.2 Å². The second-order valence-electron chi connectivity index (χ2n) is 4.54. The van der Waals surface area contributed by atoms with E-state index in [4.69, 9.17) is 10.5 Å². The summed E-state index contributed by atoms with van der Waals surface area (Å²) in [5, 5.41) is 5.75. The smallest absolute Gasteiger partial charge is 0.0718 e. The zero-order valence-electron chi connectivity index (χ0n) is 11.1. The number of aryl methyl sites for hydroxylation is 1. The molecule has 1 unspecified atom stereocenters. The average Bonchev–Trinajstić information content (AvgIpc) is 2.67. The quantitative estimate of drug-likeness (QED) is 0.793. The minimum absolute atomic E-state index is 0.106. The zero-order valence-corrected chi connectivity index (χ0v) is 11.1. The molecule has 0 spiro atoms. The first-order valence-corrected chi connectivity index (χ1v) is 6.46. The van der Waals surface area contributed by atoms with Crippen LogP contribution in [0, 0.1) is 0 Å². The molecule has 1 heterocycles. The maximum atomic E-state index is 6.12. The molecule has 2 N–H and O–H groups in total. The van der Waals surface area contributed by atoms with Crippen LogP contribution in [-0.4, -0.2) is 29.0 Å². The van der Waals surface area contributed by atoms with E-state index < -0.39 is 0 Å². The highest BCUT2D eigenvalue weighted by Crippen LogP contribution is 2.18. The van der Waals surface area contributed by atoms with Crippen molar-refractivity contribution < 1.29 is 4.74 Å². The number of nitrogens with zero attached hydrogens (tertiary/aromatic N) is 2. The highest BCUT2D eigenvalue weighted by molar-refractivity contribution is 5.81. The van der Waals surface area contributed by atoms with Crippen molar-refractivity contribution in [2.75, 3.05) is 13.2 Å². The number of benzene rings is 1. The van der Waals surface area contributed by atoms with Crippen LogP contribution in [0.4, 0.5) is 0 Å². The summed E-state index contributed by atoms with van der Waals surface area (Å²) in [5.41, 5.74) is 8.36. The Morgan fingerprint density at radius 3 is 2.94 bits per heavy atom. The third kappa shape index (κ3) is 2.89. The van der Waals surface area contributed by atoms with Gasteiger partial charge in [0, 0.05) is 38.1 Å². The molecule has 1 aromatic heterocycles. The van der Waals surface area contributed by atoms with Crippen LogP contribution in [-0.2, 0) is 18.2 Å². The van der Waals surface area contributed by atoms with Crippen LogP contribution >= 0.6 is 0 Å². The van der Waals surface area contributed by atoms with Gasteiger partial charge in [0.25, 0.3) is 0 Å². The molecule has 0 fully saturated rings. The van der Waals surface area contributed by atoms with E-state index in [0.29, 0.717) is 0 Å². The fourth-order valence-electron chi connectivity index (χ4n) is 2.17. The summed E-state index contributed by atoms with van der Waals surface area (Å²) >= 11 is 0. The molecule has 2 rings (SSSR count). The highest BCUT2D eigenvalue weighted by atomic mass is 16.5. The predicted molar refractivity (Wildman–Crippen MR) is 73.5 cm³/mol. The van der Waals surface area contributed by atoms with E-state index in [-0.39, 0.29) is 6.04 Å². The van der Waals surface area contributed by atoms with Crippen molar-refractivity contribution in [3.63, 3.8) is 0 Å². The van der Waals surface area contributed by atoms with Gasteiger partial charge in [-0.15, -0.1) is 0 Å². The first-order valence-electron chi connectivity index (χ1n) is 6.46. The number of fused-ring (bicyclic) bond motifs is 1. The van der Waals surface area contributed by atoms with E-state index in [1.165, 1.54) is 5.39 Å². The standard InChI is InChI=1S/C14H21N3O/c1-3-18-9-8-11(15)10-13-12-6-4-5-7-14(12)17(2)16-13/h4-7,11H,3,8-10,15H2,1-2H3. The minimum atomic E-state index is 0.106. The van der Waals surface area contributed by atoms with E-state index in [0.717, 1.165) is 37.3 Å². The Morgan fingerprint density at radius 1 is 1.39 bits per heavy atom. The Kier molecular flexibility index (Phi) is 4.33. The van der Waals surface area contributed by atoms with Gasteiger partial charge in [-0.1, -0.05) is 18.2 Å². The number of ether oxygens (including phenoxy) is 1. The molecule has 4 heteroatoms. The molecule has 0 bridgehead atoms. The third-order valence-electron chi connectivity index (χ3n) is 3.13. The van der Waals surface area contributed by atoms with Crippen LogP contribution in [0.5, 0.6) is 0 Å². The molecular formula is C14H21N3O. The summed E-state index contributed by atoms with van der Waals surface area (Å²) in [7, 11) is 1.97. The largest absolute Gasteiger partial charge is 0.382 e. The normalized spacial score (nSPS) is 13.1. The Labute approximate surface area is 108 Å². The summed E-state index contributed by atoms with van der Waals surface area (Å²) in [6.07, 6.45) is 1.67. The number of para-hydroxylation sites is 1. The molecule has 0 aliphatic heterocycles. The van der Waals surface area contributed by atoms with Crippen molar-refractivity contribution in [1.29, 1.82) is 0 Å². The van der Waals surface area contributed by atoms with E-state index in [1.54, 1.807) is 0 Å². The summed E-state index contributed by atoms with van der Waals surface area (Å²) in [5.74, 6) is 0. The molecule has 98 valence electrons. The number of aromatic nitrogens is 2. The number of nitrogens with two attached hydrogens (primary N) is 1. The van der Waals surface area contributed by atoms with Gasteiger partial charge in [-0.3, -0.25) is 4.68 Å². The monoisotopic (exact) mass is 247 g/mol. The number of hydrogen-bond acceptors (Lipinski definition) is 3. The lowest BCUT2D eigenvalue weighted by Gasteiger charge is -2.09. The van der Waals surface area contributed by atoms with Gasteiger partial charge in [0.1, 0.15) is 0 Å². The molecule has 0 aliphatic carbocycles. The summed E-state index contributed by atoms with van der Waals surface area (Å²) in [6.45, 7) is 3.47. The van der Waals surface area contributed by atoms with Crippen molar-refractivity contribution in [1.82, 2.24) is 9.78 Å². The number of rotatable bonds is 6. The molecule has 1 atom stereocenters. The van der Waals surface area contributed by atoms with E-state index >= 15 is 0 Å².